The van der Waals surface area contributed by atoms with Crippen molar-refractivity contribution in [1.82, 2.24) is 4.90 Å². The number of fused-ring (bicyclic) bond motifs is 1. The average molecular weight is 410 g/mol. The highest BCUT2D eigenvalue weighted by atomic mass is 16.6. The van der Waals surface area contributed by atoms with Crippen LogP contribution in [0.4, 0.5) is 10.5 Å². The highest BCUT2D eigenvalue weighted by Crippen LogP contribution is 2.38. The van der Waals surface area contributed by atoms with Gasteiger partial charge in [0.25, 0.3) is 0 Å². The number of allylic oxidation sites excluding steroid dienone is 1. The Morgan fingerprint density at radius 3 is 2.67 bits per heavy atom. The number of hydrogen-bond donors (Lipinski definition) is 0. The van der Waals surface area contributed by atoms with Crippen LogP contribution in [0.15, 0.2) is 63.9 Å². The molecular formula is C23H26N2O5. The number of hydrogen-bond acceptors (Lipinski definition) is 6. The van der Waals surface area contributed by atoms with E-state index in [0.29, 0.717) is 28.7 Å². The van der Waals surface area contributed by atoms with Gasteiger partial charge in [0.15, 0.2) is 11.5 Å². The van der Waals surface area contributed by atoms with Gasteiger partial charge in [-0.1, -0.05) is 12.1 Å². The molecule has 1 aromatic heterocycles. The van der Waals surface area contributed by atoms with Crippen LogP contribution in [0.2, 0.25) is 0 Å². The minimum absolute atomic E-state index is 0.270. The van der Waals surface area contributed by atoms with Crippen molar-refractivity contribution in [2.45, 2.75) is 52.0 Å². The number of aliphatic imine (C=N–C) groups is 1. The fourth-order valence-corrected chi connectivity index (χ4v) is 3.47. The number of ether oxygens (including phenoxy) is 3. The average Bonchev–Trinajstić information content (AvgIpc) is 3.23. The minimum Gasteiger partial charge on any atom is -0.463 e. The standard InChI is InChI=1S/C23H26N2O5/c1-22(2,3)30-21(26)25-17(14-28-23(25,4)5)20-13-16(18-11-8-12-27-18)24-15-9-6-7-10-19(15)29-20/h6-13,17H,14H2,1-5H3/t17-/m0/s1. The van der Waals surface area contributed by atoms with Gasteiger partial charge in [-0.2, -0.15) is 0 Å². The molecule has 30 heavy (non-hydrogen) atoms. The van der Waals surface area contributed by atoms with Gasteiger partial charge in [-0.05, 0) is 58.9 Å². The first-order chi connectivity index (χ1) is 14.1. The third-order valence-corrected chi connectivity index (χ3v) is 4.79. The predicted octanol–water partition coefficient (Wildman–Crippen LogP) is 5.05. The quantitative estimate of drug-likeness (QED) is 0.693. The molecule has 3 heterocycles. The molecule has 158 valence electrons. The molecule has 2 aromatic rings. The van der Waals surface area contributed by atoms with Gasteiger partial charge in [0.2, 0.25) is 0 Å². The van der Waals surface area contributed by atoms with Crippen molar-refractivity contribution < 1.29 is 23.4 Å². The molecule has 1 amide bonds. The summed E-state index contributed by atoms with van der Waals surface area (Å²) < 4.78 is 23.4. The van der Waals surface area contributed by atoms with Crippen LogP contribution >= 0.6 is 0 Å². The number of para-hydroxylation sites is 2. The number of amides is 1. The topological polar surface area (TPSA) is 73.5 Å². The van der Waals surface area contributed by atoms with Crippen molar-refractivity contribution in [2.75, 3.05) is 6.61 Å². The van der Waals surface area contributed by atoms with Crippen LogP contribution in [0.25, 0.3) is 0 Å². The molecule has 0 radical (unpaired) electrons. The highest BCUT2D eigenvalue weighted by Gasteiger charge is 2.48. The summed E-state index contributed by atoms with van der Waals surface area (Å²) in [4.78, 5) is 19.4. The summed E-state index contributed by atoms with van der Waals surface area (Å²) in [7, 11) is 0. The maximum Gasteiger partial charge on any atom is 0.413 e. The van der Waals surface area contributed by atoms with Gasteiger partial charge in [0, 0.05) is 6.08 Å². The smallest absolute Gasteiger partial charge is 0.413 e. The second kappa shape index (κ2) is 7.32. The van der Waals surface area contributed by atoms with Crippen molar-refractivity contribution in [3.63, 3.8) is 0 Å². The van der Waals surface area contributed by atoms with Crippen LogP contribution in [0.5, 0.6) is 5.75 Å². The van der Waals surface area contributed by atoms with Gasteiger partial charge in [-0.15, -0.1) is 0 Å². The molecule has 0 spiro atoms. The van der Waals surface area contributed by atoms with Crippen molar-refractivity contribution >= 4 is 17.5 Å². The molecule has 7 heteroatoms. The molecule has 0 saturated carbocycles. The Hall–Kier alpha value is -3.06. The third kappa shape index (κ3) is 3.98. The van der Waals surface area contributed by atoms with Gasteiger partial charge < -0.3 is 18.6 Å². The second-order valence-corrected chi connectivity index (χ2v) is 8.71. The Morgan fingerprint density at radius 2 is 1.97 bits per heavy atom. The maximum absolute atomic E-state index is 13.1. The molecule has 2 aliphatic heterocycles. The van der Waals surface area contributed by atoms with E-state index in [1.807, 2.05) is 65.0 Å². The largest absolute Gasteiger partial charge is 0.463 e. The summed E-state index contributed by atoms with van der Waals surface area (Å²) in [5.74, 6) is 1.74. The molecule has 2 aliphatic rings. The second-order valence-electron chi connectivity index (χ2n) is 8.71. The Balaban J connectivity index is 1.76. The fourth-order valence-electron chi connectivity index (χ4n) is 3.47. The summed E-state index contributed by atoms with van der Waals surface area (Å²) >= 11 is 0. The van der Waals surface area contributed by atoms with Crippen molar-refractivity contribution in [3.05, 3.63) is 60.3 Å². The first-order valence-corrected chi connectivity index (χ1v) is 9.91. The molecule has 1 fully saturated rings. The molecule has 4 rings (SSSR count). The van der Waals surface area contributed by atoms with E-state index < -0.39 is 23.5 Å². The molecule has 0 N–H and O–H groups in total. The Labute approximate surface area is 175 Å². The van der Waals surface area contributed by atoms with Crippen LogP contribution in [-0.2, 0) is 9.47 Å². The molecule has 1 aromatic carbocycles. The van der Waals surface area contributed by atoms with Crippen LogP contribution in [0, 0.1) is 0 Å². The van der Waals surface area contributed by atoms with E-state index in [9.17, 15) is 4.79 Å². The van der Waals surface area contributed by atoms with Gasteiger partial charge in [-0.3, -0.25) is 4.90 Å². The number of nitrogens with zero attached hydrogens (tertiary/aromatic N) is 2. The lowest BCUT2D eigenvalue weighted by Gasteiger charge is -2.35. The number of benzene rings is 1. The van der Waals surface area contributed by atoms with E-state index >= 15 is 0 Å². The van der Waals surface area contributed by atoms with Crippen LogP contribution < -0.4 is 4.74 Å². The van der Waals surface area contributed by atoms with E-state index in [4.69, 9.17) is 23.6 Å². The number of rotatable bonds is 2. The molecular weight excluding hydrogens is 384 g/mol. The van der Waals surface area contributed by atoms with E-state index in [1.165, 1.54) is 0 Å². The third-order valence-electron chi connectivity index (χ3n) is 4.79. The molecule has 1 saturated heterocycles. The molecule has 0 bridgehead atoms. The van der Waals surface area contributed by atoms with Crippen LogP contribution in [-0.4, -0.2) is 40.7 Å². The normalized spacial score (nSPS) is 20.6. The van der Waals surface area contributed by atoms with Gasteiger partial charge in [0.1, 0.15) is 34.5 Å². The summed E-state index contributed by atoms with van der Waals surface area (Å²) in [6.45, 7) is 9.45. The Kier molecular flexibility index (Phi) is 4.94. The van der Waals surface area contributed by atoms with E-state index in [-0.39, 0.29) is 6.61 Å². The van der Waals surface area contributed by atoms with Crippen molar-refractivity contribution in [3.8, 4) is 5.75 Å². The Morgan fingerprint density at radius 1 is 1.20 bits per heavy atom. The molecule has 0 aliphatic carbocycles. The van der Waals surface area contributed by atoms with Crippen LogP contribution in [0.3, 0.4) is 0 Å². The fraction of sp³-hybridized carbons (Fsp3) is 0.391. The SMILES string of the molecule is CC(C)(C)OC(=O)N1[C@H](C2=CC(c3ccco3)=Nc3ccccc3O2)COC1(C)C. The van der Waals surface area contributed by atoms with Crippen LogP contribution in [0.1, 0.15) is 40.4 Å². The maximum atomic E-state index is 13.1. The summed E-state index contributed by atoms with van der Waals surface area (Å²) in [6, 6.07) is 10.6. The van der Waals surface area contributed by atoms with E-state index in [2.05, 4.69) is 0 Å². The van der Waals surface area contributed by atoms with Crippen molar-refractivity contribution in [1.29, 1.82) is 0 Å². The van der Waals surface area contributed by atoms with Crippen molar-refractivity contribution in [2.24, 2.45) is 4.99 Å². The zero-order chi connectivity index (χ0) is 21.5. The van der Waals surface area contributed by atoms with Gasteiger partial charge >= 0.3 is 6.09 Å². The van der Waals surface area contributed by atoms with Gasteiger partial charge in [0.05, 0.1) is 12.9 Å². The lowest BCUT2D eigenvalue weighted by atomic mass is 10.1. The molecule has 0 unspecified atom stereocenters. The molecule has 1 atom stereocenters. The number of carbonyl (C=O) groups excluding carboxylic acids is 1. The lowest BCUT2D eigenvalue weighted by molar-refractivity contribution is -0.0621. The first-order valence-electron chi connectivity index (χ1n) is 9.91. The predicted molar refractivity (Wildman–Crippen MR) is 112 cm³/mol. The van der Waals surface area contributed by atoms with E-state index in [0.717, 1.165) is 0 Å². The summed E-state index contributed by atoms with van der Waals surface area (Å²) in [6.07, 6.45) is 2.93. The summed E-state index contributed by atoms with van der Waals surface area (Å²) in [5.41, 5.74) is -0.205. The first kappa shape index (κ1) is 20.2. The summed E-state index contributed by atoms with van der Waals surface area (Å²) in [5, 5.41) is 0. The lowest BCUT2D eigenvalue weighted by Crippen LogP contribution is -2.50. The monoisotopic (exact) mass is 410 g/mol. The molecule has 7 nitrogen and oxygen atoms in total. The Bertz CT molecular complexity index is 999. The highest BCUT2D eigenvalue weighted by molar-refractivity contribution is 6.09. The zero-order valence-electron chi connectivity index (χ0n) is 17.8. The van der Waals surface area contributed by atoms with E-state index in [1.54, 1.807) is 23.3 Å². The zero-order valence-corrected chi connectivity index (χ0v) is 17.8. The van der Waals surface area contributed by atoms with Gasteiger partial charge in [-0.25, -0.2) is 9.79 Å². The minimum atomic E-state index is -0.856. The number of furan rings is 1. The number of carbonyl (C=O) groups is 1.